The lowest BCUT2D eigenvalue weighted by Crippen LogP contribution is -2.35. The van der Waals surface area contributed by atoms with Crippen LogP contribution in [0.25, 0.3) is 0 Å². The number of hydrogen-bond donors (Lipinski definition) is 0. The summed E-state index contributed by atoms with van der Waals surface area (Å²) in [5.41, 5.74) is 0.752. The number of anilines is 1. The predicted molar refractivity (Wildman–Crippen MR) is 75.9 cm³/mol. The number of pyridine rings is 1. The van der Waals surface area contributed by atoms with Crippen LogP contribution in [0.4, 0.5) is 5.69 Å². The van der Waals surface area contributed by atoms with Gasteiger partial charge in [-0.2, -0.15) is 0 Å². The molecule has 1 aromatic heterocycles. The second kappa shape index (κ2) is 4.86. The van der Waals surface area contributed by atoms with Gasteiger partial charge in [-0.15, -0.1) is 11.8 Å². The second-order valence-electron chi connectivity index (χ2n) is 4.08. The Balaban J connectivity index is 2.09. The van der Waals surface area contributed by atoms with E-state index in [1.165, 1.54) is 10.5 Å². The van der Waals surface area contributed by atoms with E-state index < -0.39 is 10.0 Å². The quantitative estimate of drug-likeness (QED) is 0.853. The first-order valence-corrected chi connectivity index (χ1v) is 8.27. The largest absolute Gasteiger partial charge is 0.265 e. The molecule has 0 saturated carbocycles. The number of aromatic nitrogens is 1. The molecule has 0 atom stereocenters. The highest BCUT2D eigenvalue weighted by atomic mass is 32.2. The fraction of sp³-hybridized carbons (Fsp3) is 0.154. The molecular formula is C13H12N2O2S2. The molecule has 0 aliphatic carbocycles. The summed E-state index contributed by atoms with van der Waals surface area (Å²) in [5.74, 6) is 0.760. The van der Waals surface area contributed by atoms with Crippen molar-refractivity contribution in [2.45, 2.75) is 9.79 Å². The van der Waals surface area contributed by atoms with E-state index in [0.717, 1.165) is 16.3 Å². The molecular weight excluding hydrogens is 280 g/mol. The van der Waals surface area contributed by atoms with Crippen LogP contribution in [-0.4, -0.2) is 25.7 Å². The molecule has 0 fully saturated rings. The molecule has 3 rings (SSSR count). The molecule has 0 unspecified atom stereocenters. The summed E-state index contributed by atoms with van der Waals surface area (Å²) in [6.07, 6.45) is 2.96. The lowest BCUT2D eigenvalue weighted by Gasteiger charge is -2.29. The summed E-state index contributed by atoms with van der Waals surface area (Å²) in [6, 6.07) is 10.8. The van der Waals surface area contributed by atoms with Crippen LogP contribution in [0.15, 0.2) is 58.6 Å². The number of fused-ring (bicyclic) bond motifs is 1. The Kier molecular flexibility index (Phi) is 3.20. The van der Waals surface area contributed by atoms with Crippen LogP contribution in [0.5, 0.6) is 0 Å². The summed E-state index contributed by atoms with van der Waals surface area (Å²) >= 11 is 1.68. The van der Waals surface area contributed by atoms with E-state index in [1.807, 2.05) is 24.3 Å². The molecule has 1 aliphatic heterocycles. The smallest absolute Gasteiger partial charge is 0.264 e. The van der Waals surface area contributed by atoms with Crippen molar-refractivity contribution in [2.75, 3.05) is 16.6 Å². The molecule has 4 nitrogen and oxygen atoms in total. The van der Waals surface area contributed by atoms with Gasteiger partial charge < -0.3 is 0 Å². The molecule has 0 N–H and O–H groups in total. The third-order valence-electron chi connectivity index (χ3n) is 2.91. The Morgan fingerprint density at radius 3 is 2.79 bits per heavy atom. The van der Waals surface area contributed by atoms with E-state index in [1.54, 1.807) is 30.1 Å². The van der Waals surface area contributed by atoms with Gasteiger partial charge in [0.05, 0.1) is 5.69 Å². The van der Waals surface area contributed by atoms with Crippen molar-refractivity contribution in [1.29, 1.82) is 0 Å². The number of para-hydroxylation sites is 1. The highest BCUT2D eigenvalue weighted by molar-refractivity contribution is 8.00. The Labute approximate surface area is 116 Å². The van der Waals surface area contributed by atoms with Gasteiger partial charge in [0.1, 0.15) is 4.90 Å². The molecule has 0 saturated heterocycles. The van der Waals surface area contributed by atoms with Crippen molar-refractivity contribution in [2.24, 2.45) is 0 Å². The van der Waals surface area contributed by atoms with Crippen LogP contribution in [-0.2, 0) is 10.0 Å². The van der Waals surface area contributed by atoms with Crippen LogP contribution < -0.4 is 4.31 Å². The van der Waals surface area contributed by atoms with Crippen molar-refractivity contribution in [3.8, 4) is 0 Å². The summed E-state index contributed by atoms with van der Waals surface area (Å²) in [6.45, 7) is 0.485. The van der Waals surface area contributed by atoms with Gasteiger partial charge in [-0.05, 0) is 24.3 Å². The number of benzene rings is 1. The average molecular weight is 292 g/mol. The normalized spacial score (nSPS) is 15.1. The van der Waals surface area contributed by atoms with E-state index in [9.17, 15) is 8.42 Å². The van der Waals surface area contributed by atoms with Gasteiger partial charge >= 0.3 is 0 Å². The zero-order valence-corrected chi connectivity index (χ0v) is 11.7. The molecule has 98 valence electrons. The first-order chi connectivity index (χ1) is 9.19. The van der Waals surface area contributed by atoms with Crippen LogP contribution in [0.3, 0.4) is 0 Å². The maximum absolute atomic E-state index is 12.6. The first kappa shape index (κ1) is 12.5. The summed E-state index contributed by atoms with van der Waals surface area (Å²) in [4.78, 5) is 5.12. The van der Waals surface area contributed by atoms with Crippen molar-refractivity contribution < 1.29 is 8.42 Å². The van der Waals surface area contributed by atoms with E-state index >= 15 is 0 Å². The standard InChI is InChI=1S/C13H12N2O2S2/c16-19(17,11-4-3-7-14-10-11)15-8-9-18-13-6-2-1-5-12(13)15/h1-7,10H,8-9H2. The Morgan fingerprint density at radius 1 is 1.16 bits per heavy atom. The Bertz CT molecular complexity index is 687. The van der Waals surface area contributed by atoms with Gasteiger partial charge in [0, 0.05) is 29.6 Å². The highest BCUT2D eigenvalue weighted by Gasteiger charge is 2.29. The number of thioether (sulfide) groups is 1. The summed E-state index contributed by atoms with van der Waals surface area (Å²) < 4.78 is 26.7. The van der Waals surface area contributed by atoms with Crippen LogP contribution in [0.2, 0.25) is 0 Å². The SMILES string of the molecule is O=S(=O)(c1cccnc1)N1CCSc2ccccc21. The molecule has 0 bridgehead atoms. The van der Waals surface area contributed by atoms with Gasteiger partial charge in [-0.1, -0.05) is 12.1 Å². The molecule has 0 radical (unpaired) electrons. The number of sulfonamides is 1. The lowest BCUT2D eigenvalue weighted by atomic mass is 10.3. The second-order valence-corrected chi connectivity index (χ2v) is 7.08. The number of rotatable bonds is 2. The highest BCUT2D eigenvalue weighted by Crippen LogP contribution is 2.37. The molecule has 0 spiro atoms. The van der Waals surface area contributed by atoms with Crippen molar-refractivity contribution in [3.05, 3.63) is 48.8 Å². The third-order valence-corrected chi connectivity index (χ3v) is 5.75. The molecule has 2 aromatic rings. The van der Waals surface area contributed by atoms with Gasteiger partial charge in [-0.3, -0.25) is 9.29 Å². The van der Waals surface area contributed by atoms with Gasteiger partial charge in [0.2, 0.25) is 0 Å². The van der Waals surface area contributed by atoms with E-state index in [2.05, 4.69) is 4.98 Å². The molecule has 2 heterocycles. The topological polar surface area (TPSA) is 50.3 Å². The van der Waals surface area contributed by atoms with Crippen molar-refractivity contribution >= 4 is 27.5 Å². The number of nitrogens with zero attached hydrogens (tertiary/aromatic N) is 2. The third kappa shape index (κ3) is 2.21. The van der Waals surface area contributed by atoms with Gasteiger partial charge in [-0.25, -0.2) is 8.42 Å². The van der Waals surface area contributed by atoms with Crippen LogP contribution >= 0.6 is 11.8 Å². The summed E-state index contributed by atoms with van der Waals surface area (Å²) in [5, 5.41) is 0. The Hall–Kier alpha value is -1.53. The zero-order chi connectivity index (χ0) is 13.3. The van der Waals surface area contributed by atoms with E-state index in [-0.39, 0.29) is 4.90 Å². The number of hydrogen-bond acceptors (Lipinski definition) is 4. The molecule has 0 amide bonds. The van der Waals surface area contributed by atoms with Crippen LogP contribution in [0, 0.1) is 0 Å². The van der Waals surface area contributed by atoms with Gasteiger partial charge in [0.15, 0.2) is 0 Å². The minimum atomic E-state index is -3.52. The van der Waals surface area contributed by atoms with Gasteiger partial charge in [0.25, 0.3) is 10.0 Å². The van der Waals surface area contributed by atoms with Crippen molar-refractivity contribution in [1.82, 2.24) is 4.98 Å². The molecule has 1 aromatic carbocycles. The monoisotopic (exact) mass is 292 g/mol. The van der Waals surface area contributed by atoms with Crippen molar-refractivity contribution in [3.63, 3.8) is 0 Å². The van der Waals surface area contributed by atoms with E-state index in [4.69, 9.17) is 0 Å². The minimum Gasteiger partial charge on any atom is -0.264 e. The molecule has 19 heavy (non-hydrogen) atoms. The first-order valence-electron chi connectivity index (χ1n) is 5.84. The maximum Gasteiger partial charge on any atom is 0.265 e. The lowest BCUT2D eigenvalue weighted by molar-refractivity contribution is 0.591. The fourth-order valence-electron chi connectivity index (χ4n) is 2.02. The Morgan fingerprint density at radius 2 is 2.00 bits per heavy atom. The molecule has 6 heteroatoms. The van der Waals surface area contributed by atoms with E-state index in [0.29, 0.717) is 6.54 Å². The fourth-order valence-corrected chi connectivity index (χ4v) is 4.64. The predicted octanol–water partition coefficient (Wildman–Crippen LogP) is 2.38. The zero-order valence-electron chi connectivity index (χ0n) is 10.1. The van der Waals surface area contributed by atoms with Crippen LogP contribution in [0.1, 0.15) is 0 Å². The maximum atomic E-state index is 12.6. The average Bonchev–Trinajstić information content (AvgIpc) is 2.47. The minimum absolute atomic E-state index is 0.233. The summed E-state index contributed by atoms with van der Waals surface area (Å²) in [7, 11) is -3.52. The molecule has 1 aliphatic rings.